The maximum absolute atomic E-state index is 11.2. The lowest BCUT2D eigenvalue weighted by atomic mass is 9.86. The van der Waals surface area contributed by atoms with Gasteiger partial charge < -0.3 is 9.90 Å². The summed E-state index contributed by atoms with van der Waals surface area (Å²) < 4.78 is 1.81. The second kappa shape index (κ2) is 8.25. The van der Waals surface area contributed by atoms with E-state index in [1.54, 1.807) is 0 Å². The highest BCUT2D eigenvalue weighted by Gasteiger charge is 2.29. The number of nitrogens with zero attached hydrogens (tertiary/aromatic N) is 4. The monoisotopic (exact) mass is 383 g/mol. The predicted octanol–water partition coefficient (Wildman–Crippen LogP) is 2.66. The molecule has 0 radical (unpaired) electrons. The number of hydrogen-bond acceptors (Lipinski definition) is 6. The van der Waals surface area contributed by atoms with E-state index in [1.807, 2.05) is 35.0 Å². The minimum Gasteiger partial charge on any atom is -0.550 e. The number of aliphatic carboxylic acids is 1. The minimum atomic E-state index is -1.08. The van der Waals surface area contributed by atoms with Gasteiger partial charge in [0.1, 0.15) is 0 Å². The third kappa shape index (κ3) is 4.24. The van der Waals surface area contributed by atoms with Crippen molar-refractivity contribution in [2.24, 2.45) is 11.0 Å². The highest BCUT2D eigenvalue weighted by atomic mass is 32.2. The molecule has 0 amide bonds. The molecule has 2 aromatic rings. The Kier molecular flexibility index (Phi) is 5.57. The van der Waals surface area contributed by atoms with Crippen LogP contribution >= 0.6 is 11.8 Å². The number of rotatable bonds is 6. The molecule has 4 rings (SSSR count). The van der Waals surface area contributed by atoms with Crippen molar-refractivity contribution >= 4 is 23.4 Å². The third-order valence-corrected chi connectivity index (χ3v) is 6.50. The molecule has 1 aromatic carbocycles. The summed E-state index contributed by atoms with van der Waals surface area (Å²) in [5, 5.41) is 24.9. The Hall–Kier alpha value is -2.15. The number of aromatic nitrogens is 3. The van der Waals surface area contributed by atoms with Crippen molar-refractivity contribution in [3.05, 3.63) is 41.7 Å². The molecule has 0 saturated heterocycles. The van der Waals surface area contributed by atoms with Gasteiger partial charge in [-0.15, -0.1) is 10.2 Å². The van der Waals surface area contributed by atoms with E-state index < -0.39 is 5.97 Å². The molecule has 2 heterocycles. The average molecular weight is 383 g/mol. The number of thioether (sulfide) groups is 1. The van der Waals surface area contributed by atoms with Gasteiger partial charge >= 0.3 is 0 Å². The summed E-state index contributed by atoms with van der Waals surface area (Å²) in [7, 11) is 0. The Morgan fingerprint density at radius 1 is 1.15 bits per heavy atom. The van der Waals surface area contributed by atoms with E-state index in [0.717, 1.165) is 35.9 Å². The number of hydrogen-bond donors (Lipinski definition) is 0. The molecule has 0 spiro atoms. The van der Waals surface area contributed by atoms with Crippen LogP contribution in [0.2, 0.25) is 0 Å². The Morgan fingerprint density at radius 2 is 1.93 bits per heavy atom. The zero-order valence-electron chi connectivity index (χ0n) is 15.2. The maximum atomic E-state index is 11.2. The van der Waals surface area contributed by atoms with Crippen molar-refractivity contribution in [2.75, 3.05) is 0 Å². The van der Waals surface area contributed by atoms with Crippen LogP contribution in [-0.2, 0) is 11.2 Å². The van der Waals surface area contributed by atoms with E-state index in [4.69, 9.17) is 5.10 Å². The summed E-state index contributed by atoms with van der Waals surface area (Å²) in [5.74, 6) is 0.552. The van der Waals surface area contributed by atoms with E-state index in [-0.39, 0.29) is 11.7 Å². The third-order valence-electron chi connectivity index (χ3n) is 5.36. The largest absolute Gasteiger partial charge is 0.550 e. The molecule has 142 valence electrons. The second-order valence-electron chi connectivity index (χ2n) is 7.29. The summed E-state index contributed by atoms with van der Waals surface area (Å²) in [6.07, 6.45) is 8.51. The molecule has 6 nitrogen and oxygen atoms in total. The van der Waals surface area contributed by atoms with Crippen LogP contribution in [0.4, 0.5) is 0 Å². The van der Waals surface area contributed by atoms with E-state index in [1.165, 1.54) is 43.9 Å². The topological polar surface area (TPSA) is 83.2 Å². The molecule has 2 aliphatic rings. The fourth-order valence-corrected chi connectivity index (χ4v) is 5.03. The molecule has 0 N–H and O–H groups in total. The first-order chi connectivity index (χ1) is 13.2. The molecule has 1 saturated carbocycles. The van der Waals surface area contributed by atoms with Gasteiger partial charge in [0.25, 0.3) is 0 Å². The molecular weight excluding hydrogens is 360 g/mol. The SMILES string of the molecule is O=C([O-])C[C@H]1Sc2nnc(CCC3CCCCC3)n2N=C1c1ccccc1. The smallest absolute Gasteiger partial charge is 0.212 e. The highest BCUT2D eigenvalue weighted by Crippen LogP contribution is 2.33. The van der Waals surface area contributed by atoms with Crippen molar-refractivity contribution in [2.45, 2.75) is 61.8 Å². The normalized spacial score (nSPS) is 20.1. The summed E-state index contributed by atoms with van der Waals surface area (Å²) in [5.41, 5.74) is 1.67. The van der Waals surface area contributed by atoms with Crippen LogP contribution in [0.1, 0.15) is 56.3 Å². The Labute approximate surface area is 163 Å². The Balaban J connectivity index is 1.59. The molecule has 1 aliphatic carbocycles. The van der Waals surface area contributed by atoms with Gasteiger partial charge in [-0.25, -0.2) is 0 Å². The standard InChI is InChI=1S/C20H24N4O2S/c25-18(26)13-16-19(15-9-5-2-6-10-15)23-24-17(21-22-20(24)27-16)12-11-14-7-3-1-4-8-14/h2,5-6,9-10,14,16H,1,3-4,7-8,11-13H2,(H,25,26)/p-1/t16-/m1/s1. The number of carboxylic acids is 1. The number of carbonyl (C=O) groups excluding carboxylic acids is 1. The van der Waals surface area contributed by atoms with Gasteiger partial charge in [-0.05, 0) is 17.9 Å². The summed E-state index contributed by atoms with van der Waals surface area (Å²) in [6.45, 7) is 0. The Bertz CT molecular complexity index is 828. The van der Waals surface area contributed by atoms with Gasteiger partial charge in [-0.3, -0.25) is 0 Å². The number of fused-ring (bicyclic) bond motifs is 1. The molecular formula is C20H23N4O2S-. The van der Waals surface area contributed by atoms with Gasteiger partial charge in [0.05, 0.1) is 11.0 Å². The van der Waals surface area contributed by atoms with Crippen LogP contribution in [0.15, 0.2) is 40.6 Å². The first kappa shape index (κ1) is 18.2. The van der Waals surface area contributed by atoms with Crippen molar-refractivity contribution in [3.8, 4) is 0 Å². The first-order valence-corrected chi connectivity index (χ1v) is 10.5. The first-order valence-electron chi connectivity index (χ1n) is 9.66. The van der Waals surface area contributed by atoms with E-state index >= 15 is 0 Å². The van der Waals surface area contributed by atoms with Crippen LogP contribution in [0.5, 0.6) is 0 Å². The molecule has 1 aliphatic heterocycles. The van der Waals surface area contributed by atoms with E-state index in [2.05, 4.69) is 10.2 Å². The van der Waals surface area contributed by atoms with Crippen molar-refractivity contribution < 1.29 is 9.90 Å². The van der Waals surface area contributed by atoms with Crippen LogP contribution in [0.25, 0.3) is 0 Å². The second-order valence-corrected chi connectivity index (χ2v) is 8.46. The molecule has 7 heteroatoms. The molecule has 1 atom stereocenters. The highest BCUT2D eigenvalue weighted by molar-refractivity contribution is 8.00. The van der Waals surface area contributed by atoms with Crippen molar-refractivity contribution in [1.29, 1.82) is 0 Å². The quantitative estimate of drug-likeness (QED) is 0.766. The molecule has 1 aromatic heterocycles. The van der Waals surface area contributed by atoms with Crippen LogP contribution in [0.3, 0.4) is 0 Å². The zero-order valence-corrected chi connectivity index (χ0v) is 16.0. The van der Waals surface area contributed by atoms with Crippen LogP contribution in [-0.4, -0.2) is 31.8 Å². The molecule has 0 bridgehead atoms. The van der Waals surface area contributed by atoms with Gasteiger partial charge in [-0.2, -0.15) is 9.78 Å². The maximum Gasteiger partial charge on any atom is 0.212 e. The number of carbonyl (C=O) groups is 1. The van der Waals surface area contributed by atoms with Gasteiger partial charge in [0, 0.05) is 18.8 Å². The fraction of sp³-hybridized carbons (Fsp3) is 0.500. The zero-order chi connectivity index (χ0) is 18.6. The van der Waals surface area contributed by atoms with E-state index in [9.17, 15) is 9.90 Å². The Morgan fingerprint density at radius 3 is 2.67 bits per heavy atom. The average Bonchev–Trinajstić information content (AvgIpc) is 3.08. The molecule has 27 heavy (non-hydrogen) atoms. The van der Waals surface area contributed by atoms with Gasteiger partial charge in [-0.1, -0.05) is 74.2 Å². The van der Waals surface area contributed by atoms with Crippen molar-refractivity contribution in [1.82, 2.24) is 14.9 Å². The van der Waals surface area contributed by atoms with Gasteiger partial charge in [0.2, 0.25) is 5.16 Å². The number of benzene rings is 1. The van der Waals surface area contributed by atoms with E-state index in [0.29, 0.717) is 5.16 Å². The predicted molar refractivity (Wildman–Crippen MR) is 103 cm³/mol. The summed E-state index contributed by atoms with van der Waals surface area (Å²) >= 11 is 1.41. The summed E-state index contributed by atoms with van der Waals surface area (Å²) in [4.78, 5) is 11.2. The minimum absolute atomic E-state index is 0.0946. The summed E-state index contributed by atoms with van der Waals surface area (Å²) in [6, 6.07) is 9.72. The number of carboxylic acid groups (broad SMARTS) is 1. The van der Waals surface area contributed by atoms with Crippen LogP contribution < -0.4 is 5.11 Å². The lowest BCUT2D eigenvalue weighted by Crippen LogP contribution is -2.33. The van der Waals surface area contributed by atoms with Gasteiger partial charge in [0.15, 0.2) is 5.82 Å². The lowest BCUT2D eigenvalue weighted by Gasteiger charge is -2.24. The number of aryl methyl sites for hydroxylation is 1. The fourth-order valence-electron chi connectivity index (χ4n) is 3.93. The van der Waals surface area contributed by atoms with Crippen LogP contribution in [0, 0.1) is 5.92 Å². The molecule has 1 fully saturated rings. The van der Waals surface area contributed by atoms with Crippen molar-refractivity contribution in [3.63, 3.8) is 0 Å². The lowest BCUT2D eigenvalue weighted by molar-refractivity contribution is -0.305. The molecule has 0 unspecified atom stereocenters.